The van der Waals surface area contributed by atoms with E-state index in [1.54, 1.807) is 31.4 Å². The van der Waals surface area contributed by atoms with Crippen molar-refractivity contribution in [2.45, 2.75) is 39.3 Å². The second-order valence-corrected chi connectivity index (χ2v) is 6.71. The van der Waals surface area contributed by atoms with E-state index in [2.05, 4.69) is 41.4 Å². The molecule has 0 atom stereocenters. The van der Waals surface area contributed by atoms with Gasteiger partial charge < -0.3 is 20.8 Å². The summed E-state index contributed by atoms with van der Waals surface area (Å²) in [5.41, 5.74) is 6.64. The van der Waals surface area contributed by atoms with E-state index < -0.39 is 5.91 Å². The Morgan fingerprint density at radius 2 is 1.96 bits per heavy atom. The Labute approximate surface area is 170 Å². The number of hydrogen-bond donors (Lipinski definition) is 3. The molecule has 0 aliphatic carbocycles. The van der Waals surface area contributed by atoms with E-state index in [4.69, 9.17) is 10.2 Å². The van der Waals surface area contributed by atoms with Gasteiger partial charge in [0.15, 0.2) is 5.96 Å². The molecule has 1 aromatic heterocycles. The molecular formula is C18H26IN5O2. The number of halogens is 1. The quantitative estimate of drug-likeness (QED) is 0.353. The maximum Gasteiger partial charge on any atom is 0.248 e. The lowest BCUT2D eigenvalue weighted by Crippen LogP contribution is -2.36. The smallest absolute Gasteiger partial charge is 0.248 e. The molecule has 1 aromatic carbocycles. The highest BCUT2D eigenvalue weighted by atomic mass is 127. The number of aromatic nitrogens is 1. The lowest BCUT2D eigenvalue weighted by atomic mass is 9.94. The number of hydrogen-bond acceptors (Lipinski definition) is 4. The van der Waals surface area contributed by atoms with Gasteiger partial charge in [-0.25, -0.2) is 4.98 Å². The summed E-state index contributed by atoms with van der Waals surface area (Å²) < 4.78 is 5.74. The summed E-state index contributed by atoms with van der Waals surface area (Å²) in [4.78, 5) is 19.7. The summed E-state index contributed by atoms with van der Waals surface area (Å²) in [6.45, 7) is 7.17. The van der Waals surface area contributed by atoms with Crippen LogP contribution in [0, 0.1) is 0 Å². The number of oxazole rings is 1. The van der Waals surface area contributed by atoms with Gasteiger partial charge in [0, 0.05) is 24.6 Å². The first-order valence-electron chi connectivity index (χ1n) is 8.08. The van der Waals surface area contributed by atoms with Gasteiger partial charge in [0.05, 0.1) is 12.7 Å². The van der Waals surface area contributed by atoms with Crippen LogP contribution in [-0.4, -0.2) is 23.9 Å². The van der Waals surface area contributed by atoms with Crippen molar-refractivity contribution in [1.82, 2.24) is 15.6 Å². The molecule has 0 aliphatic heterocycles. The van der Waals surface area contributed by atoms with Gasteiger partial charge >= 0.3 is 0 Å². The Kier molecular flexibility index (Phi) is 8.07. The lowest BCUT2D eigenvalue weighted by molar-refractivity contribution is 0.1000. The Balaban J connectivity index is 0.00000338. The van der Waals surface area contributed by atoms with Gasteiger partial charge in [-0.15, -0.1) is 24.0 Å². The fraction of sp³-hybridized carbons (Fsp3) is 0.389. The molecule has 0 unspecified atom stereocenters. The number of aliphatic imine (C=N–C) groups is 1. The molecular weight excluding hydrogens is 445 g/mol. The number of nitrogens with zero attached hydrogens (tertiary/aromatic N) is 2. The molecule has 0 spiro atoms. The summed E-state index contributed by atoms with van der Waals surface area (Å²) in [6.07, 6.45) is 1.75. The second-order valence-electron chi connectivity index (χ2n) is 6.71. The molecule has 0 radical (unpaired) electrons. The topological polar surface area (TPSA) is 106 Å². The summed E-state index contributed by atoms with van der Waals surface area (Å²) >= 11 is 0. The average Bonchev–Trinajstić information content (AvgIpc) is 3.04. The van der Waals surface area contributed by atoms with Gasteiger partial charge in [-0.3, -0.25) is 9.79 Å². The molecule has 0 saturated carbocycles. The highest BCUT2D eigenvalue weighted by molar-refractivity contribution is 14.0. The maximum atomic E-state index is 11.2. The number of carbonyl (C=O) groups excluding carboxylic acids is 1. The van der Waals surface area contributed by atoms with E-state index in [1.807, 2.05) is 6.07 Å². The van der Waals surface area contributed by atoms with Crippen molar-refractivity contribution in [1.29, 1.82) is 0 Å². The average molecular weight is 471 g/mol. The minimum absolute atomic E-state index is 0. The van der Waals surface area contributed by atoms with Crippen LogP contribution in [-0.2, 0) is 18.5 Å². The summed E-state index contributed by atoms with van der Waals surface area (Å²) in [7, 11) is 1.69. The predicted octanol–water partition coefficient (Wildman–Crippen LogP) is 2.55. The van der Waals surface area contributed by atoms with E-state index in [9.17, 15) is 4.79 Å². The third-order valence-corrected chi connectivity index (χ3v) is 3.59. The lowest BCUT2D eigenvalue weighted by Gasteiger charge is -2.13. The van der Waals surface area contributed by atoms with Gasteiger partial charge in [-0.2, -0.15) is 0 Å². The first-order valence-corrected chi connectivity index (χ1v) is 8.08. The molecule has 142 valence electrons. The molecule has 0 saturated heterocycles. The first kappa shape index (κ1) is 21.9. The molecule has 1 amide bonds. The molecule has 0 bridgehead atoms. The Hall–Kier alpha value is -2.10. The fourth-order valence-electron chi connectivity index (χ4n) is 2.14. The van der Waals surface area contributed by atoms with Crippen LogP contribution in [0.15, 0.2) is 39.9 Å². The first-order chi connectivity index (χ1) is 11.8. The summed E-state index contributed by atoms with van der Waals surface area (Å²) in [5, 5.41) is 6.33. The van der Waals surface area contributed by atoms with E-state index >= 15 is 0 Å². The highest BCUT2D eigenvalue weighted by Gasteiger charge is 2.19. The Bertz CT molecular complexity index is 765. The van der Waals surface area contributed by atoms with E-state index in [0.717, 1.165) is 11.3 Å². The Morgan fingerprint density at radius 3 is 2.54 bits per heavy atom. The monoisotopic (exact) mass is 471 g/mol. The van der Waals surface area contributed by atoms with Crippen molar-refractivity contribution in [3.05, 3.63) is 53.2 Å². The number of primary amides is 1. The van der Waals surface area contributed by atoms with Crippen LogP contribution < -0.4 is 16.4 Å². The van der Waals surface area contributed by atoms with Crippen LogP contribution in [0.3, 0.4) is 0 Å². The molecule has 4 N–H and O–H groups in total. The van der Waals surface area contributed by atoms with Crippen molar-refractivity contribution in [2.75, 3.05) is 7.05 Å². The third kappa shape index (κ3) is 6.32. The number of amides is 1. The third-order valence-electron chi connectivity index (χ3n) is 3.59. The normalized spacial score (nSPS) is 11.6. The standard InChI is InChI=1S/C18H25N5O2.HI/c1-18(2,3)14-10-21-15(25-14)11-23-17(20-4)22-9-12-6-5-7-13(8-12)16(19)24;/h5-8,10H,9,11H2,1-4H3,(H2,19,24)(H2,20,22,23);1H. The maximum absolute atomic E-state index is 11.2. The van der Waals surface area contributed by atoms with E-state index in [0.29, 0.717) is 30.5 Å². The number of guanidine groups is 1. The van der Waals surface area contributed by atoms with Crippen molar-refractivity contribution in [2.24, 2.45) is 10.7 Å². The molecule has 8 heteroatoms. The number of rotatable bonds is 5. The van der Waals surface area contributed by atoms with Crippen LogP contribution in [0.1, 0.15) is 48.3 Å². The number of nitrogens with one attached hydrogen (secondary N) is 2. The number of nitrogens with two attached hydrogens (primary N) is 1. The van der Waals surface area contributed by atoms with Gasteiger partial charge in [-0.05, 0) is 17.7 Å². The molecule has 1 heterocycles. The fourth-order valence-corrected chi connectivity index (χ4v) is 2.14. The molecule has 2 rings (SSSR count). The van der Waals surface area contributed by atoms with Crippen molar-refractivity contribution < 1.29 is 9.21 Å². The second kappa shape index (κ2) is 9.56. The van der Waals surface area contributed by atoms with Gasteiger partial charge in [0.25, 0.3) is 0 Å². The largest absolute Gasteiger partial charge is 0.443 e. The van der Waals surface area contributed by atoms with Gasteiger partial charge in [0.1, 0.15) is 5.76 Å². The highest BCUT2D eigenvalue weighted by Crippen LogP contribution is 2.22. The number of benzene rings is 1. The van der Waals surface area contributed by atoms with E-state index in [-0.39, 0.29) is 29.4 Å². The zero-order valence-corrected chi connectivity index (χ0v) is 17.8. The summed E-state index contributed by atoms with van der Waals surface area (Å²) in [5.74, 6) is 1.61. The molecule has 26 heavy (non-hydrogen) atoms. The minimum atomic E-state index is -0.442. The molecule has 2 aromatic rings. The van der Waals surface area contributed by atoms with Crippen LogP contribution in [0.4, 0.5) is 0 Å². The van der Waals surface area contributed by atoms with Crippen molar-refractivity contribution >= 4 is 35.8 Å². The summed E-state index contributed by atoms with van der Waals surface area (Å²) in [6, 6.07) is 7.16. The van der Waals surface area contributed by atoms with Gasteiger partial charge in [-0.1, -0.05) is 32.9 Å². The Morgan fingerprint density at radius 1 is 1.27 bits per heavy atom. The van der Waals surface area contributed by atoms with Crippen LogP contribution in [0.5, 0.6) is 0 Å². The SMILES string of the molecule is CN=C(NCc1cccc(C(N)=O)c1)NCc1ncc(C(C)(C)C)o1.I. The van der Waals surface area contributed by atoms with Gasteiger partial charge in [0.2, 0.25) is 11.8 Å². The molecule has 0 aliphatic rings. The van der Waals surface area contributed by atoms with Crippen molar-refractivity contribution in [3.8, 4) is 0 Å². The zero-order valence-electron chi connectivity index (χ0n) is 15.5. The molecule has 7 nitrogen and oxygen atoms in total. The van der Waals surface area contributed by atoms with Crippen molar-refractivity contribution in [3.63, 3.8) is 0 Å². The van der Waals surface area contributed by atoms with Crippen LogP contribution in [0.2, 0.25) is 0 Å². The van der Waals surface area contributed by atoms with E-state index in [1.165, 1.54) is 0 Å². The molecule has 0 fully saturated rings. The van der Waals surface area contributed by atoms with Crippen LogP contribution in [0.25, 0.3) is 0 Å². The minimum Gasteiger partial charge on any atom is -0.443 e. The predicted molar refractivity (Wildman–Crippen MR) is 113 cm³/mol. The van der Waals surface area contributed by atoms with Crippen LogP contribution >= 0.6 is 24.0 Å². The zero-order chi connectivity index (χ0) is 18.4. The number of carbonyl (C=O) groups is 1.